The first-order valence-electron chi connectivity index (χ1n) is 6.28. The molecule has 0 heterocycles. The van der Waals surface area contributed by atoms with Crippen LogP contribution >= 0.6 is 11.6 Å². The van der Waals surface area contributed by atoms with E-state index in [2.05, 4.69) is 4.72 Å². The summed E-state index contributed by atoms with van der Waals surface area (Å²) in [4.78, 5) is 0.0411. The van der Waals surface area contributed by atoms with Crippen molar-refractivity contribution in [2.75, 3.05) is 11.8 Å². The second-order valence-corrected chi connectivity index (χ2v) is 6.52. The average Bonchev–Trinajstić information content (AvgIpc) is 2.49. The van der Waals surface area contributed by atoms with Gasteiger partial charge in [0.1, 0.15) is 5.75 Å². The number of nitriles is 1. The average molecular weight is 337 g/mol. The second-order valence-electron chi connectivity index (χ2n) is 4.43. The van der Waals surface area contributed by atoms with Crippen LogP contribution in [0.5, 0.6) is 5.75 Å². The van der Waals surface area contributed by atoms with Crippen molar-refractivity contribution < 1.29 is 13.2 Å². The Morgan fingerprint density at radius 3 is 2.45 bits per heavy atom. The fraction of sp³-hybridized carbons (Fsp3) is 0.133. The maximum atomic E-state index is 12.3. The molecule has 22 heavy (non-hydrogen) atoms. The Morgan fingerprint density at radius 1 is 1.23 bits per heavy atom. The lowest BCUT2D eigenvalue weighted by molar-refractivity contribution is 0.414. The summed E-state index contributed by atoms with van der Waals surface area (Å²) in [6.07, 6.45) is 0.279. The van der Waals surface area contributed by atoms with Gasteiger partial charge in [-0.2, -0.15) is 5.26 Å². The fourth-order valence-electron chi connectivity index (χ4n) is 1.81. The highest BCUT2D eigenvalue weighted by molar-refractivity contribution is 7.92. The Balaban J connectivity index is 2.24. The Kier molecular flexibility index (Phi) is 4.91. The molecule has 0 unspecified atom stereocenters. The van der Waals surface area contributed by atoms with Gasteiger partial charge in [0, 0.05) is 5.69 Å². The third-order valence-electron chi connectivity index (χ3n) is 2.92. The molecule has 0 saturated carbocycles. The number of ether oxygens (including phenoxy) is 1. The molecule has 2 aromatic rings. The van der Waals surface area contributed by atoms with Crippen LogP contribution in [0.15, 0.2) is 47.4 Å². The van der Waals surface area contributed by atoms with Gasteiger partial charge in [0.05, 0.1) is 29.5 Å². The molecule has 1 N–H and O–H groups in total. The Morgan fingerprint density at radius 2 is 1.91 bits per heavy atom. The van der Waals surface area contributed by atoms with Crippen LogP contribution in [0.3, 0.4) is 0 Å². The summed E-state index contributed by atoms with van der Waals surface area (Å²) in [6.45, 7) is 0. The minimum Gasteiger partial charge on any atom is -0.495 e. The first-order valence-corrected chi connectivity index (χ1v) is 8.14. The molecule has 0 amide bonds. The van der Waals surface area contributed by atoms with E-state index in [9.17, 15) is 8.42 Å². The van der Waals surface area contributed by atoms with E-state index >= 15 is 0 Å². The van der Waals surface area contributed by atoms with Gasteiger partial charge in [0.2, 0.25) is 0 Å². The van der Waals surface area contributed by atoms with Crippen molar-refractivity contribution in [3.05, 3.63) is 53.1 Å². The lowest BCUT2D eigenvalue weighted by Crippen LogP contribution is -2.13. The van der Waals surface area contributed by atoms with Crippen LogP contribution in [0.1, 0.15) is 5.56 Å². The van der Waals surface area contributed by atoms with Crippen LogP contribution in [0, 0.1) is 11.3 Å². The third kappa shape index (κ3) is 3.70. The van der Waals surface area contributed by atoms with Crippen LogP contribution in [0.25, 0.3) is 0 Å². The highest BCUT2D eigenvalue weighted by atomic mass is 35.5. The van der Waals surface area contributed by atoms with Gasteiger partial charge in [0.25, 0.3) is 10.0 Å². The van der Waals surface area contributed by atoms with Crippen molar-refractivity contribution in [1.82, 2.24) is 0 Å². The maximum absolute atomic E-state index is 12.3. The summed E-state index contributed by atoms with van der Waals surface area (Å²) in [5.74, 6) is 0.404. The Hall–Kier alpha value is -2.23. The smallest absolute Gasteiger partial charge is 0.261 e. The zero-order valence-corrected chi connectivity index (χ0v) is 13.3. The van der Waals surface area contributed by atoms with Gasteiger partial charge in [-0.25, -0.2) is 8.42 Å². The van der Waals surface area contributed by atoms with Crippen LogP contribution in [0.4, 0.5) is 5.69 Å². The van der Waals surface area contributed by atoms with Crippen LogP contribution in [-0.4, -0.2) is 15.5 Å². The fourth-order valence-corrected chi connectivity index (χ4v) is 3.22. The molecule has 0 aliphatic carbocycles. The monoisotopic (exact) mass is 336 g/mol. The van der Waals surface area contributed by atoms with Gasteiger partial charge in [-0.15, -0.1) is 0 Å². The number of halogens is 1. The van der Waals surface area contributed by atoms with E-state index in [1.165, 1.54) is 25.3 Å². The lowest BCUT2D eigenvalue weighted by atomic mass is 10.1. The molecule has 0 fully saturated rings. The summed E-state index contributed by atoms with van der Waals surface area (Å²) >= 11 is 5.95. The first kappa shape index (κ1) is 16.1. The molecule has 0 radical (unpaired) electrons. The van der Waals surface area contributed by atoms with Crippen molar-refractivity contribution in [1.29, 1.82) is 5.26 Å². The number of sulfonamides is 1. The summed E-state index contributed by atoms with van der Waals surface area (Å²) in [5, 5.41) is 8.83. The predicted molar refractivity (Wildman–Crippen MR) is 84.6 cm³/mol. The second kappa shape index (κ2) is 6.69. The molecular weight excluding hydrogens is 324 g/mol. The van der Waals surface area contributed by atoms with Crippen molar-refractivity contribution in [2.24, 2.45) is 0 Å². The molecule has 0 bridgehead atoms. The predicted octanol–water partition coefficient (Wildman–Crippen LogP) is 3.22. The van der Waals surface area contributed by atoms with Crippen molar-refractivity contribution in [3.63, 3.8) is 0 Å². The third-order valence-corrected chi connectivity index (χ3v) is 4.60. The van der Waals surface area contributed by atoms with Crippen LogP contribution < -0.4 is 9.46 Å². The molecular formula is C15H13ClN2O3S. The van der Waals surface area contributed by atoms with E-state index in [1.54, 1.807) is 24.3 Å². The minimum atomic E-state index is -3.74. The number of nitrogens with one attached hydrogen (secondary N) is 1. The topological polar surface area (TPSA) is 79.2 Å². The Labute approximate surface area is 134 Å². The molecule has 2 rings (SSSR count). The number of hydrogen-bond donors (Lipinski definition) is 1. The first-order chi connectivity index (χ1) is 10.5. The molecule has 7 heteroatoms. The normalized spacial score (nSPS) is 10.8. The molecule has 0 aliphatic rings. The molecule has 0 aliphatic heterocycles. The van der Waals surface area contributed by atoms with Gasteiger partial charge in [-0.05, 0) is 35.9 Å². The number of hydrogen-bond acceptors (Lipinski definition) is 4. The summed E-state index contributed by atoms with van der Waals surface area (Å²) < 4.78 is 32.1. The lowest BCUT2D eigenvalue weighted by Gasteiger charge is -2.10. The van der Waals surface area contributed by atoms with Gasteiger partial charge in [-0.3, -0.25) is 4.72 Å². The van der Waals surface area contributed by atoms with E-state index in [0.29, 0.717) is 11.4 Å². The number of rotatable bonds is 5. The van der Waals surface area contributed by atoms with Gasteiger partial charge in [0.15, 0.2) is 0 Å². The molecule has 0 saturated heterocycles. The molecule has 0 atom stereocenters. The SMILES string of the molecule is COc1ccc(S(=O)(=O)Nc2ccc(CC#N)cc2)cc1Cl. The largest absolute Gasteiger partial charge is 0.495 e. The molecule has 2 aromatic carbocycles. The number of anilines is 1. The maximum Gasteiger partial charge on any atom is 0.261 e. The van der Waals surface area contributed by atoms with Gasteiger partial charge < -0.3 is 4.74 Å². The van der Waals surface area contributed by atoms with Crippen molar-refractivity contribution in [2.45, 2.75) is 11.3 Å². The van der Waals surface area contributed by atoms with Crippen LogP contribution in [-0.2, 0) is 16.4 Å². The number of benzene rings is 2. The highest BCUT2D eigenvalue weighted by Crippen LogP contribution is 2.27. The summed E-state index contributed by atoms with van der Waals surface area (Å²) in [7, 11) is -2.29. The van der Waals surface area contributed by atoms with Crippen LogP contribution in [0.2, 0.25) is 5.02 Å². The molecule has 0 aromatic heterocycles. The van der Waals surface area contributed by atoms with Crippen molar-refractivity contribution in [3.8, 4) is 11.8 Å². The quantitative estimate of drug-likeness (QED) is 0.909. The van der Waals surface area contributed by atoms with Gasteiger partial charge >= 0.3 is 0 Å². The van der Waals surface area contributed by atoms with E-state index in [-0.39, 0.29) is 16.3 Å². The molecule has 114 valence electrons. The van der Waals surface area contributed by atoms with E-state index in [0.717, 1.165) is 5.56 Å². The minimum absolute atomic E-state index is 0.0411. The zero-order valence-electron chi connectivity index (χ0n) is 11.7. The number of methoxy groups -OCH3 is 1. The standard InChI is InChI=1S/C15H13ClN2O3S/c1-21-15-7-6-13(10-14(15)16)22(19,20)18-12-4-2-11(3-5-12)8-9-17/h2-7,10,18H,8H2,1H3. The van der Waals surface area contributed by atoms with E-state index < -0.39 is 10.0 Å². The van der Waals surface area contributed by atoms with Crippen molar-refractivity contribution >= 4 is 27.3 Å². The summed E-state index contributed by atoms with van der Waals surface area (Å²) in [6, 6.07) is 12.9. The number of nitrogens with zero attached hydrogens (tertiary/aromatic N) is 1. The van der Waals surface area contributed by atoms with E-state index in [4.69, 9.17) is 21.6 Å². The summed E-state index contributed by atoms with van der Waals surface area (Å²) in [5.41, 5.74) is 1.23. The zero-order chi connectivity index (χ0) is 16.2. The van der Waals surface area contributed by atoms with E-state index in [1.807, 2.05) is 6.07 Å². The highest BCUT2D eigenvalue weighted by Gasteiger charge is 2.16. The Bertz CT molecular complexity index is 812. The molecule has 0 spiro atoms. The van der Waals surface area contributed by atoms with Gasteiger partial charge in [-0.1, -0.05) is 23.7 Å². The molecule has 5 nitrogen and oxygen atoms in total.